The van der Waals surface area contributed by atoms with Crippen LogP contribution in [0.5, 0.6) is 0 Å². The van der Waals surface area contributed by atoms with Crippen LogP contribution < -0.4 is 21.3 Å². The highest BCUT2D eigenvalue weighted by Gasteiger charge is 2.41. The summed E-state index contributed by atoms with van der Waals surface area (Å²) in [4.78, 5) is 44.5. The summed E-state index contributed by atoms with van der Waals surface area (Å²) >= 11 is 0. The zero-order valence-electron chi connectivity index (χ0n) is 25.2. The molecule has 4 amide bonds. The predicted molar refractivity (Wildman–Crippen MR) is 153 cm³/mol. The first-order valence-corrected chi connectivity index (χ1v) is 14.6. The van der Waals surface area contributed by atoms with Crippen LogP contribution in [0.1, 0.15) is 105 Å². The number of hydrogen-bond donors (Lipinski definition) is 5. The Labute approximate surface area is 235 Å². The fraction of sp³-hybridized carbons (Fsp3) is 0.857. The lowest BCUT2D eigenvalue weighted by atomic mass is 9.81. The Bertz CT molecular complexity index is 635. The SMILES string of the molecule is CC(O)CNC(=O)C1(NC(=O)OC2CCOCC2)CCCCC1.CCC.CCCNC(=O)CCC.CNC=O. The molecule has 1 heterocycles. The fourth-order valence-corrected chi connectivity index (χ4v) is 3.72. The van der Waals surface area contributed by atoms with E-state index in [-0.39, 0.29) is 24.5 Å². The minimum atomic E-state index is -0.921. The van der Waals surface area contributed by atoms with Crippen LogP contribution in [-0.4, -0.2) is 80.5 Å². The topological polar surface area (TPSA) is 155 Å². The van der Waals surface area contributed by atoms with Gasteiger partial charge in [0.25, 0.3) is 0 Å². The summed E-state index contributed by atoms with van der Waals surface area (Å²) in [6.45, 7) is 12.1. The van der Waals surface area contributed by atoms with Crippen molar-refractivity contribution in [2.24, 2.45) is 0 Å². The van der Waals surface area contributed by atoms with Crippen LogP contribution in [0.4, 0.5) is 4.79 Å². The van der Waals surface area contributed by atoms with Crippen molar-refractivity contribution in [2.45, 2.75) is 123 Å². The third-order valence-corrected chi connectivity index (χ3v) is 5.65. The van der Waals surface area contributed by atoms with Crippen molar-refractivity contribution in [2.75, 3.05) is 33.4 Å². The van der Waals surface area contributed by atoms with Crippen LogP contribution in [-0.2, 0) is 23.9 Å². The summed E-state index contributed by atoms with van der Waals surface area (Å²) in [7, 11) is 1.56. The van der Waals surface area contributed by atoms with Crippen LogP contribution >= 0.6 is 0 Å². The predicted octanol–water partition coefficient (Wildman–Crippen LogP) is 3.18. The lowest BCUT2D eigenvalue weighted by Crippen LogP contribution is -2.60. The zero-order valence-corrected chi connectivity index (χ0v) is 25.2. The number of nitrogens with one attached hydrogen (secondary N) is 4. The van der Waals surface area contributed by atoms with Crippen LogP contribution in [0.15, 0.2) is 0 Å². The largest absolute Gasteiger partial charge is 0.446 e. The summed E-state index contributed by atoms with van der Waals surface area (Å²) in [5, 5.41) is 19.9. The molecule has 0 bridgehead atoms. The number of aliphatic hydroxyl groups excluding tert-OH is 1. The molecule has 2 rings (SSSR count). The number of hydrogen-bond acceptors (Lipinski definition) is 7. The van der Waals surface area contributed by atoms with Gasteiger partial charge in [0, 0.05) is 39.4 Å². The summed E-state index contributed by atoms with van der Waals surface area (Å²) in [5.41, 5.74) is -0.921. The zero-order chi connectivity index (χ0) is 29.9. The normalized spacial score (nSPS) is 16.6. The Morgan fingerprint density at radius 2 is 1.59 bits per heavy atom. The van der Waals surface area contributed by atoms with E-state index in [2.05, 4.69) is 35.1 Å². The molecule has 11 nitrogen and oxygen atoms in total. The summed E-state index contributed by atoms with van der Waals surface area (Å²) in [6, 6.07) is 0. The summed E-state index contributed by atoms with van der Waals surface area (Å²) in [5.74, 6) is -0.0543. The Morgan fingerprint density at radius 3 is 2.05 bits per heavy atom. The van der Waals surface area contributed by atoms with E-state index in [0.717, 1.165) is 38.6 Å². The molecule has 2 fully saturated rings. The quantitative estimate of drug-likeness (QED) is 0.257. The molecule has 39 heavy (non-hydrogen) atoms. The first kappa shape index (κ1) is 38.7. The van der Waals surface area contributed by atoms with Gasteiger partial charge in [-0.05, 0) is 32.6 Å². The minimum Gasteiger partial charge on any atom is -0.446 e. The molecule has 1 unspecified atom stereocenters. The molecule has 1 saturated carbocycles. The molecule has 0 aromatic carbocycles. The number of ether oxygens (including phenoxy) is 2. The second-order valence-electron chi connectivity index (χ2n) is 9.76. The number of carbonyl (C=O) groups excluding carboxylic acids is 4. The molecule has 230 valence electrons. The highest BCUT2D eigenvalue weighted by molar-refractivity contribution is 5.90. The second-order valence-corrected chi connectivity index (χ2v) is 9.76. The van der Waals surface area contributed by atoms with Crippen molar-refractivity contribution in [3.8, 4) is 0 Å². The van der Waals surface area contributed by atoms with E-state index in [0.29, 0.717) is 51.7 Å². The van der Waals surface area contributed by atoms with Gasteiger partial charge >= 0.3 is 6.09 Å². The Morgan fingerprint density at radius 1 is 1.03 bits per heavy atom. The fourth-order valence-electron chi connectivity index (χ4n) is 3.72. The van der Waals surface area contributed by atoms with Crippen LogP contribution in [0, 0.1) is 0 Å². The number of carbonyl (C=O) groups is 4. The molecule has 2 aliphatic rings. The van der Waals surface area contributed by atoms with Crippen molar-refractivity contribution in [1.82, 2.24) is 21.3 Å². The lowest BCUT2D eigenvalue weighted by Gasteiger charge is -2.37. The number of alkyl carbamates (subject to hydrolysis) is 1. The van der Waals surface area contributed by atoms with E-state index >= 15 is 0 Å². The van der Waals surface area contributed by atoms with Gasteiger partial charge in [0.2, 0.25) is 18.2 Å². The third-order valence-electron chi connectivity index (χ3n) is 5.65. The average Bonchev–Trinajstić information content (AvgIpc) is 2.92. The van der Waals surface area contributed by atoms with Crippen LogP contribution in [0.3, 0.4) is 0 Å². The van der Waals surface area contributed by atoms with E-state index in [1.54, 1.807) is 14.0 Å². The Balaban J connectivity index is 0. The van der Waals surface area contributed by atoms with Crippen molar-refractivity contribution in [1.29, 1.82) is 0 Å². The maximum Gasteiger partial charge on any atom is 0.408 e. The van der Waals surface area contributed by atoms with Crippen molar-refractivity contribution >= 4 is 24.3 Å². The van der Waals surface area contributed by atoms with Crippen molar-refractivity contribution < 1.29 is 33.8 Å². The van der Waals surface area contributed by atoms with Crippen LogP contribution in [0.2, 0.25) is 0 Å². The van der Waals surface area contributed by atoms with Gasteiger partial charge in [-0.3, -0.25) is 14.4 Å². The maximum absolute atomic E-state index is 12.5. The number of amides is 4. The van der Waals surface area contributed by atoms with E-state index in [1.807, 2.05) is 13.8 Å². The first-order valence-electron chi connectivity index (χ1n) is 14.6. The minimum absolute atomic E-state index is 0.148. The van der Waals surface area contributed by atoms with Gasteiger partial charge in [0.05, 0.1) is 19.3 Å². The molecule has 1 atom stereocenters. The average molecular weight is 561 g/mol. The Kier molecular flexibility index (Phi) is 25.7. The third kappa shape index (κ3) is 21.1. The smallest absolute Gasteiger partial charge is 0.408 e. The molecule has 1 aliphatic carbocycles. The van der Waals surface area contributed by atoms with Gasteiger partial charge in [-0.25, -0.2) is 4.79 Å². The molecule has 11 heteroatoms. The van der Waals surface area contributed by atoms with Gasteiger partial charge in [-0.15, -0.1) is 0 Å². The molecule has 1 saturated heterocycles. The summed E-state index contributed by atoms with van der Waals surface area (Å²) in [6.07, 6.45) is 8.61. The highest BCUT2D eigenvalue weighted by Crippen LogP contribution is 2.29. The number of rotatable bonds is 10. The number of aliphatic hydroxyl groups is 1. The van der Waals surface area contributed by atoms with Gasteiger partial charge < -0.3 is 35.8 Å². The molecule has 0 spiro atoms. The van der Waals surface area contributed by atoms with Crippen LogP contribution in [0.25, 0.3) is 0 Å². The molecular formula is C28H56N4O7. The van der Waals surface area contributed by atoms with Gasteiger partial charge in [-0.2, -0.15) is 0 Å². The second kappa shape index (κ2) is 25.9. The maximum atomic E-state index is 12.5. The monoisotopic (exact) mass is 560 g/mol. The molecule has 5 N–H and O–H groups in total. The molecular weight excluding hydrogens is 504 g/mol. The highest BCUT2D eigenvalue weighted by atomic mass is 16.6. The van der Waals surface area contributed by atoms with Gasteiger partial charge in [0.15, 0.2) is 0 Å². The van der Waals surface area contributed by atoms with Crippen molar-refractivity contribution in [3.05, 3.63) is 0 Å². The molecule has 1 aliphatic heterocycles. The standard InChI is InChI=1S/C16H28N2O5.C7H15NO.C3H8.C2H5NO/c1-12(19)11-17-14(20)16(7-3-2-4-8-16)18-15(21)23-13-5-9-22-10-6-13;1-3-5-7(9)8-6-4-2;1-3-2;1-3-2-4/h12-13,19H,2-11H2,1H3,(H,17,20)(H,18,21);3-6H2,1-2H3,(H,8,9);3H2,1-2H3;2H,1H3,(H,3,4). The van der Waals surface area contributed by atoms with Gasteiger partial charge in [0.1, 0.15) is 11.6 Å². The van der Waals surface area contributed by atoms with E-state index in [1.165, 1.54) is 6.42 Å². The van der Waals surface area contributed by atoms with E-state index < -0.39 is 17.7 Å². The Hall–Kier alpha value is -2.40. The molecule has 0 aromatic heterocycles. The molecule has 0 radical (unpaired) electrons. The van der Waals surface area contributed by atoms with E-state index in [4.69, 9.17) is 14.3 Å². The van der Waals surface area contributed by atoms with Crippen molar-refractivity contribution in [3.63, 3.8) is 0 Å². The lowest BCUT2D eigenvalue weighted by molar-refractivity contribution is -0.129. The summed E-state index contributed by atoms with van der Waals surface area (Å²) < 4.78 is 10.7. The molecule has 0 aromatic rings. The van der Waals surface area contributed by atoms with E-state index in [9.17, 15) is 19.5 Å². The first-order chi connectivity index (χ1) is 18.7. The van der Waals surface area contributed by atoms with Gasteiger partial charge in [-0.1, -0.05) is 53.4 Å².